The smallest absolute Gasteiger partial charge is 0.417 e. The molecule has 1 aromatic rings. The average molecular weight is 417 g/mol. The quantitative estimate of drug-likeness (QED) is 0.695. The van der Waals surface area contributed by atoms with E-state index in [0.717, 1.165) is 24.8 Å². The predicted molar refractivity (Wildman–Crippen MR) is 116 cm³/mol. The van der Waals surface area contributed by atoms with E-state index in [-0.39, 0.29) is 17.0 Å². The number of nitrogens with zero attached hydrogens (tertiary/aromatic N) is 2. The number of hydroxylamine groups is 2. The fourth-order valence-corrected chi connectivity index (χ4v) is 4.86. The second-order valence-electron chi connectivity index (χ2n) is 10.4. The minimum Gasteiger partial charge on any atom is -0.441 e. The summed E-state index contributed by atoms with van der Waals surface area (Å²) in [4.78, 5) is 33.6. The van der Waals surface area contributed by atoms with Crippen LogP contribution in [0.1, 0.15) is 73.3 Å². The summed E-state index contributed by atoms with van der Waals surface area (Å²) in [5.74, 6) is -0.358. The highest BCUT2D eigenvalue weighted by molar-refractivity contribution is 5.96. The molecule has 0 radical (unpaired) electrons. The molecule has 166 valence electrons. The molecule has 1 unspecified atom stereocenters. The van der Waals surface area contributed by atoms with Crippen molar-refractivity contribution in [1.29, 1.82) is 0 Å². The molecule has 2 fully saturated rings. The number of hydrogen-bond acceptors (Lipinski definition) is 5. The Kier molecular flexibility index (Phi) is 6.04. The molecule has 3 rings (SSSR count). The Balaban J connectivity index is 1.81. The van der Waals surface area contributed by atoms with Gasteiger partial charge in [0.2, 0.25) is 0 Å². The molecule has 0 bridgehead atoms. The van der Waals surface area contributed by atoms with Crippen molar-refractivity contribution in [2.45, 2.75) is 103 Å². The van der Waals surface area contributed by atoms with Gasteiger partial charge in [0.1, 0.15) is 5.60 Å². The minimum atomic E-state index is -0.790. The molecule has 6 nitrogen and oxygen atoms in total. The van der Waals surface area contributed by atoms with Crippen LogP contribution in [0.4, 0.5) is 4.79 Å². The molecular formula is C24H36N2O4. The Hall–Kier alpha value is -1.92. The van der Waals surface area contributed by atoms with E-state index in [2.05, 4.69) is 27.7 Å². The summed E-state index contributed by atoms with van der Waals surface area (Å²) >= 11 is 0. The fourth-order valence-electron chi connectivity index (χ4n) is 4.86. The van der Waals surface area contributed by atoms with Gasteiger partial charge in [-0.2, -0.15) is 5.06 Å². The number of cyclic esters (lactones) is 1. The van der Waals surface area contributed by atoms with Gasteiger partial charge < -0.3 is 4.74 Å². The zero-order valence-electron chi connectivity index (χ0n) is 19.4. The van der Waals surface area contributed by atoms with Crippen molar-refractivity contribution < 1.29 is 19.2 Å². The van der Waals surface area contributed by atoms with Gasteiger partial charge >= 0.3 is 6.09 Å². The molecule has 30 heavy (non-hydrogen) atoms. The number of rotatable bonds is 5. The lowest BCUT2D eigenvalue weighted by Crippen LogP contribution is -2.60. The van der Waals surface area contributed by atoms with Crippen LogP contribution in [-0.4, -0.2) is 50.8 Å². The maximum Gasteiger partial charge on any atom is 0.417 e. The lowest BCUT2D eigenvalue weighted by atomic mass is 9.82. The first kappa shape index (κ1) is 22.8. The summed E-state index contributed by atoms with van der Waals surface area (Å²) in [6.07, 6.45) is 2.26. The van der Waals surface area contributed by atoms with Crippen LogP contribution in [0.25, 0.3) is 0 Å². The molecule has 1 aromatic carbocycles. The second-order valence-corrected chi connectivity index (χ2v) is 10.4. The normalized spacial score (nSPS) is 26.3. The first-order chi connectivity index (χ1) is 13.8. The van der Waals surface area contributed by atoms with E-state index in [1.807, 2.05) is 49.2 Å². The number of ether oxygens (including phenoxy) is 1. The molecule has 2 aliphatic heterocycles. The number of amides is 2. The summed E-state index contributed by atoms with van der Waals surface area (Å²) in [6, 6.07) is 9.47. The lowest BCUT2D eigenvalue weighted by molar-refractivity contribution is -0.297. The second kappa shape index (κ2) is 7.97. The molecule has 0 saturated carbocycles. The summed E-state index contributed by atoms with van der Waals surface area (Å²) in [5, 5.41) is 1.96. The Bertz CT molecular complexity index is 772. The van der Waals surface area contributed by atoms with E-state index in [0.29, 0.717) is 6.42 Å². The Morgan fingerprint density at radius 3 is 2.23 bits per heavy atom. The standard InChI is InChI=1S/C24H36N2O4/c1-17(30-26-22(2,3)14-11-15-23(26,4)5)20(27)25-19(24(6,7)29-21(25)28)16-18-12-9-8-10-13-18/h8-10,12-13,17,19H,11,14-16H2,1-7H3/t17?,19-/m0/s1. The van der Waals surface area contributed by atoms with Crippen LogP contribution in [0.15, 0.2) is 30.3 Å². The van der Waals surface area contributed by atoms with Crippen molar-refractivity contribution in [1.82, 2.24) is 9.96 Å². The maximum absolute atomic E-state index is 13.4. The predicted octanol–water partition coefficient (Wildman–Crippen LogP) is 4.72. The van der Waals surface area contributed by atoms with Gasteiger partial charge in [-0.3, -0.25) is 9.63 Å². The highest BCUT2D eigenvalue weighted by atomic mass is 16.7. The topological polar surface area (TPSA) is 59.1 Å². The molecule has 0 spiro atoms. The minimum absolute atomic E-state index is 0.190. The van der Waals surface area contributed by atoms with Gasteiger partial charge in [0.15, 0.2) is 6.10 Å². The average Bonchev–Trinajstić information content (AvgIpc) is 2.86. The molecule has 0 aliphatic carbocycles. The van der Waals surface area contributed by atoms with E-state index in [9.17, 15) is 9.59 Å². The maximum atomic E-state index is 13.4. The van der Waals surface area contributed by atoms with Gasteiger partial charge in [-0.25, -0.2) is 9.69 Å². The van der Waals surface area contributed by atoms with Crippen LogP contribution in [0.5, 0.6) is 0 Å². The van der Waals surface area contributed by atoms with Crippen LogP contribution < -0.4 is 0 Å². The number of carbonyl (C=O) groups excluding carboxylic acids is 2. The monoisotopic (exact) mass is 416 g/mol. The third kappa shape index (κ3) is 4.40. The highest BCUT2D eigenvalue weighted by Gasteiger charge is 2.52. The molecule has 2 saturated heterocycles. The third-order valence-electron chi connectivity index (χ3n) is 6.46. The van der Waals surface area contributed by atoms with Crippen LogP contribution in [0.2, 0.25) is 0 Å². The number of piperidine rings is 1. The van der Waals surface area contributed by atoms with Gasteiger partial charge in [-0.1, -0.05) is 30.3 Å². The summed E-state index contributed by atoms with van der Waals surface area (Å²) in [6.45, 7) is 14.0. The zero-order chi connectivity index (χ0) is 22.3. The molecule has 2 heterocycles. The van der Waals surface area contributed by atoms with Crippen LogP contribution in [0, 0.1) is 0 Å². The molecule has 0 aromatic heterocycles. The van der Waals surface area contributed by atoms with Crippen molar-refractivity contribution in [2.75, 3.05) is 0 Å². The lowest BCUT2D eigenvalue weighted by Gasteiger charge is -2.52. The molecular weight excluding hydrogens is 380 g/mol. The van der Waals surface area contributed by atoms with Crippen molar-refractivity contribution >= 4 is 12.0 Å². The largest absolute Gasteiger partial charge is 0.441 e. The molecule has 2 atom stereocenters. The number of hydrogen-bond donors (Lipinski definition) is 0. The van der Waals surface area contributed by atoms with Gasteiger partial charge in [0.25, 0.3) is 5.91 Å². The Labute approximate surface area is 180 Å². The van der Waals surface area contributed by atoms with E-state index in [4.69, 9.17) is 9.57 Å². The van der Waals surface area contributed by atoms with Crippen LogP contribution in [-0.2, 0) is 20.8 Å². The van der Waals surface area contributed by atoms with Gasteiger partial charge in [0, 0.05) is 11.1 Å². The van der Waals surface area contributed by atoms with Gasteiger partial charge in [0.05, 0.1) is 6.04 Å². The first-order valence-corrected chi connectivity index (χ1v) is 10.9. The van der Waals surface area contributed by atoms with Crippen LogP contribution in [0.3, 0.4) is 0 Å². The number of carbonyl (C=O) groups is 2. The summed E-state index contributed by atoms with van der Waals surface area (Å²) < 4.78 is 5.59. The molecule has 0 N–H and O–H groups in total. The van der Waals surface area contributed by atoms with Gasteiger partial charge in [-0.05, 0) is 79.7 Å². The Morgan fingerprint density at radius 1 is 1.10 bits per heavy atom. The van der Waals surface area contributed by atoms with E-state index in [1.54, 1.807) is 6.92 Å². The summed E-state index contributed by atoms with van der Waals surface area (Å²) in [5.41, 5.74) is -0.0976. The zero-order valence-corrected chi connectivity index (χ0v) is 19.4. The Morgan fingerprint density at radius 2 is 1.67 bits per heavy atom. The van der Waals surface area contributed by atoms with Crippen molar-refractivity contribution in [2.24, 2.45) is 0 Å². The van der Waals surface area contributed by atoms with Crippen molar-refractivity contribution in [3.8, 4) is 0 Å². The van der Waals surface area contributed by atoms with Gasteiger partial charge in [-0.15, -0.1) is 0 Å². The van der Waals surface area contributed by atoms with Crippen LogP contribution >= 0.6 is 0 Å². The van der Waals surface area contributed by atoms with E-state index >= 15 is 0 Å². The van der Waals surface area contributed by atoms with E-state index < -0.39 is 23.8 Å². The highest BCUT2D eigenvalue weighted by Crippen LogP contribution is 2.39. The first-order valence-electron chi connectivity index (χ1n) is 10.9. The molecule has 6 heteroatoms. The third-order valence-corrected chi connectivity index (χ3v) is 6.46. The van der Waals surface area contributed by atoms with Crippen molar-refractivity contribution in [3.63, 3.8) is 0 Å². The number of benzene rings is 1. The van der Waals surface area contributed by atoms with E-state index in [1.165, 1.54) is 4.90 Å². The fraction of sp³-hybridized carbons (Fsp3) is 0.667. The molecule has 2 amide bonds. The molecule has 2 aliphatic rings. The number of imide groups is 1. The van der Waals surface area contributed by atoms with Crippen molar-refractivity contribution in [3.05, 3.63) is 35.9 Å². The SMILES string of the molecule is CC(ON1C(C)(C)CCCC1(C)C)C(=O)N1C(=O)OC(C)(C)[C@@H]1Cc1ccccc1. The summed E-state index contributed by atoms with van der Waals surface area (Å²) in [7, 11) is 0.